The Bertz CT molecular complexity index is 232. The van der Waals surface area contributed by atoms with E-state index < -0.39 is 0 Å². The number of ketones is 1. The lowest BCUT2D eigenvalue weighted by molar-refractivity contribution is 0.0885. The van der Waals surface area contributed by atoms with Gasteiger partial charge in [0, 0.05) is 5.92 Å². The van der Waals surface area contributed by atoms with Crippen molar-refractivity contribution in [1.29, 1.82) is 0 Å². The molecule has 0 bridgehead atoms. The summed E-state index contributed by atoms with van der Waals surface area (Å²) >= 11 is 0. The number of rotatable bonds is 4. The summed E-state index contributed by atoms with van der Waals surface area (Å²) in [5, 5.41) is 0. The fraction of sp³-hybridized carbons (Fsp3) is 0.500. The van der Waals surface area contributed by atoms with Gasteiger partial charge in [-0.3, -0.25) is 4.79 Å². The number of Topliss-reactive ketones (excluding diaryl/α,β-unsaturated/α-hetero) is 1. The van der Waals surface area contributed by atoms with E-state index in [1.807, 2.05) is 13.8 Å². The van der Waals surface area contributed by atoms with Crippen LogP contribution in [-0.4, -0.2) is 5.78 Å². The van der Waals surface area contributed by atoms with Crippen molar-refractivity contribution in [2.24, 2.45) is 5.92 Å². The van der Waals surface area contributed by atoms with Gasteiger partial charge in [-0.15, -0.1) is 0 Å². The van der Waals surface area contributed by atoms with Crippen LogP contribution in [0.25, 0.3) is 0 Å². The maximum absolute atomic E-state index is 11.6. The number of carbonyl (C=O) groups excluding carboxylic acids is 1. The molecule has 0 atom stereocenters. The predicted molar refractivity (Wildman–Crippen MR) is 47.1 cm³/mol. The number of furan rings is 1. The fourth-order valence-corrected chi connectivity index (χ4v) is 1.28. The molecule has 0 fully saturated rings. The molecule has 66 valence electrons. The molecule has 0 saturated heterocycles. The first-order chi connectivity index (χ1) is 5.79. The molecule has 0 saturated carbocycles. The van der Waals surface area contributed by atoms with Gasteiger partial charge in [0.2, 0.25) is 5.78 Å². The Morgan fingerprint density at radius 3 is 2.58 bits per heavy atom. The van der Waals surface area contributed by atoms with Crippen LogP contribution in [0.2, 0.25) is 0 Å². The summed E-state index contributed by atoms with van der Waals surface area (Å²) in [4.78, 5) is 11.6. The topological polar surface area (TPSA) is 30.2 Å². The molecule has 1 aromatic heterocycles. The number of hydrogen-bond donors (Lipinski definition) is 0. The third kappa shape index (κ3) is 1.76. The summed E-state index contributed by atoms with van der Waals surface area (Å²) in [5.41, 5.74) is 0. The minimum atomic E-state index is 0.121. The van der Waals surface area contributed by atoms with E-state index in [1.165, 1.54) is 6.26 Å². The molecule has 0 spiro atoms. The van der Waals surface area contributed by atoms with Gasteiger partial charge in [-0.1, -0.05) is 13.8 Å². The fourth-order valence-electron chi connectivity index (χ4n) is 1.28. The average Bonchev–Trinajstić information content (AvgIpc) is 2.58. The molecule has 0 aromatic carbocycles. The molecule has 1 aromatic rings. The molecule has 0 radical (unpaired) electrons. The smallest absolute Gasteiger partial charge is 0.201 e. The minimum Gasteiger partial charge on any atom is -0.461 e. The average molecular weight is 166 g/mol. The first kappa shape index (κ1) is 9.04. The van der Waals surface area contributed by atoms with E-state index in [-0.39, 0.29) is 11.7 Å². The van der Waals surface area contributed by atoms with E-state index in [0.29, 0.717) is 5.76 Å². The van der Waals surface area contributed by atoms with Gasteiger partial charge in [0.05, 0.1) is 6.26 Å². The van der Waals surface area contributed by atoms with Crippen molar-refractivity contribution in [3.63, 3.8) is 0 Å². The molecule has 2 heteroatoms. The molecule has 0 unspecified atom stereocenters. The zero-order valence-corrected chi connectivity index (χ0v) is 7.54. The number of carbonyl (C=O) groups is 1. The summed E-state index contributed by atoms with van der Waals surface area (Å²) in [7, 11) is 0. The van der Waals surface area contributed by atoms with Crippen molar-refractivity contribution in [3.05, 3.63) is 24.2 Å². The highest BCUT2D eigenvalue weighted by Gasteiger charge is 2.17. The van der Waals surface area contributed by atoms with Crippen molar-refractivity contribution >= 4 is 5.78 Å². The van der Waals surface area contributed by atoms with Gasteiger partial charge in [0.25, 0.3) is 0 Å². The second-order valence-corrected chi connectivity index (χ2v) is 2.85. The van der Waals surface area contributed by atoms with Crippen LogP contribution >= 0.6 is 0 Å². The van der Waals surface area contributed by atoms with E-state index in [2.05, 4.69) is 0 Å². The Kier molecular flexibility index (Phi) is 3.09. The quantitative estimate of drug-likeness (QED) is 0.644. The Morgan fingerprint density at radius 2 is 2.17 bits per heavy atom. The van der Waals surface area contributed by atoms with Crippen LogP contribution in [0.5, 0.6) is 0 Å². The van der Waals surface area contributed by atoms with Gasteiger partial charge in [-0.05, 0) is 25.0 Å². The lowest BCUT2D eigenvalue weighted by Gasteiger charge is -2.07. The molecular formula is C10H14O2. The molecule has 1 rings (SSSR count). The lowest BCUT2D eigenvalue weighted by Crippen LogP contribution is -2.11. The largest absolute Gasteiger partial charge is 0.461 e. The van der Waals surface area contributed by atoms with Gasteiger partial charge >= 0.3 is 0 Å². The second-order valence-electron chi connectivity index (χ2n) is 2.85. The van der Waals surface area contributed by atoms with Crippen LogP contribution in [0.4, 0.5) is 0 Å². The Hall–Kier alpha value is -1.05. The van der Waals surface area contributed by atoms with Crippen molar-refractivity contribution in [3.8, 4) is 0 Å². The van der Waals surface area contributed by atoms with Crippen LogP contribution in [-0.2, 0) is 0 Å². The highest BCUT2D eigenvalue weighted by Crippen LogP contribution is 2.15. The SMILES string of the molecule is CCC(CC)C(=O)c1ccco1. The summed E-state index contributed by atoms with van der Waals surface area (Å²) in [6, 6.07) is 3.47. The van der Waals surface area contributed by atoms with E-state index in [0.717, 1.165) is 12.8 Å². The van der Waals surface area contributed by atoms with Crippen LogP contribution in [0, 0.1) is 5.92 Å². The first-order valence-electron chi connectivity index (χ1n) is 4.37. The number of hydrogen-bond acceptors (Lipinski definition) is 2. The third-order valence-corrected chi connectivity index (χ3v) is 2.12. The van der Waals surface area contributed by atoms with Crippen LogP contribution in [0.3, 0.4) is 0 Å². The molecule has 0 amide bonds. The minimum absolute atomic E-state index is 0.121. The van der Waals surface area contributed by atoms with E-state index in [4.69, 9.17) is 4.42 Å². The van der Waals surface area contributed by atoms with Crippen LogP contribution in [0.1, 0.15) is 37.2 Å². The Labute approximate surface area is 72.6 Å². The molecule has 2 nitrogen and oxygen atoms in total. The summed E-state index contributed by atoms with van der Waals surface area (Å²) < 4.78 is 5.03. The summed E-state index contributed by atoms with van der Waals surface area (Å²) in [6.45, 7) is 4.05. The van der Waals surface area contributed by atoms with Gasteiger partial charge < -0.3 is 4.42 Å². The van der Waals surface area contributed by atoms with E-state index in [1.54, 1.807) is 12.1 Å². The molecule has 12 heavy (non-hydrogen) atoms. The molecule has 0 aliphatic rings. The van der Waals surface area contributed by atoms with Crippen molar-refractivity contribution in [1.82, 2.24) is 0 Å². The van der Waals surface area contributed by atoms with E-state index >= 15 is 0 Å². The molecule has 0 aliphatic heterocycles. The predicted octanol–water partition coefficient (Wildman–Crippen LogP) is 2.90. The molecule has 0 N–H and O–H groups in total. The second kappa shape index (κ2) is 4.10. The van der Waals surface area contributed by atoms with Crippen molar-refractivity contribution < 1.29 is 9.21 Å². The highest BCUT2D eigenvalue weighted by atomic mass is 16.3. The van der Waals surface area contributed by atoms with Gasteiger partial charge in [-0.2, -0.15) is 0 Å². The van der Waals surface area contributed by atoms with Gasteiger partial charge in [0.15, 0.2) is 5.76 Å². The van der Waals surface area contributed by atoms with Crippen LogP contribution in [0.15, 0.2) is 22.8 Å². The molecular weight excluding hydrogens is 152 g/mol. The van der Waals surface area contributed by atoms with Crippen LogP contribution < -0.4 is 0 Å². The molecule has 1 heterocycles. The van der Waals surface area contributed by atoms with Crippen molar-refractivity contribution in [2.75, 3.05) is 0 Å². The van der Waals surface area contributed by atoms with Gasteiger partial charge in [-0.25, -0.2) is 0 Å². The van der Waals surface area contributed by atoms with Crippen molar-refractivity contribution in [2.45, 2.75) is 26.7 Å². The van der Waals surface area contributed by atoms with E-state index in [9.17, 15) is 4.79 Å². The Balaban J connectivity index is 2.70. The standard InChI is InChI=1S/C10H14O2/c1-3-8(4-2)10(11)9-6-5-7-12-9/h5-8H,3-4H2,1-2H3. The van der Waals surface area contributed by atoms with Gasteiger partial charge in [0.1, 0.15) is 0 Å². The third-order valence-electron chi connectivity index (χ3n) is 2.12. The zero-order chi connectivity index (χ0) is 8.97. The maximum Gasteiger partial charge on any atom is 0.201 e. The monoisotopic (exact) mass is 166 g/mol. The Morgan fingerprint density at radius 1 is 1.50 bits per heavy atom. The first-order valence-corrected chi connectivity index (χ1v) is 4.37. The lowest BCUT2D eigenvalue weighted by atomic mass is 9.97. The molecule has 0 aliphatic carbocycles. The zero-order valence-electron chi connectivity index (χ0n) is 7.54. The normalized spacial score (nSPS) is 10.6. The summed E-state index contributed by atoms with van der Waals surface area (Å²) in [6.07, 6.45) is 3.31. The highest BCUT2D eigenvalue weighted by molar-refractivity contribution is 5.95. The maximum atomic E-state index is 11.6. The summed E-state index contributed by atoms with van der Waals surface area (Å²) in [5.74, 6) is 0.741.